The molecule has 0 bridgehead atoms. The predicted molar refractivity (Wildman–Crippen MR) is 139 cm³/mol. The second kappa shape index (κ2) is 11.8. The number of carbonyl (C=O) groups excluding carboxylic acids is 3. The van der Waals surface area contributed by atoms with Crippen LogP contribution in [0.5, 0.6) is 0 Å². The first-order valence-electron chi connectivity index (χ1n) is 12.4. The molecule has 1 N–H and O–H groups in total. The van der Waals surface area contributed by atoms with E-state index in [-0.39, 0.29) is 17.6 Å². The fourth-order valence-electron chi connectivity index (χ4n) is 4.68. The zero-order valence-corrected chi connectivity index (χ0v) is 21.5. The number of ether oxygens (including phenoxy) is 2. The summed E-state index contributed by atoms with van der Waals surface area (Å²) in [5, 5.41) is 12.6. The number of rotatable bonds is 6. The smallest absolute Gasteiger partial charge is 0.328 e. The average molecular weight is 535 g/mol. The van der Waals surface area contributed by atoms with Crippen molar-refractivity contribution >= 4 is 41.7 Å². The number of urea groups is 1. The molecule has 3 aliphatic heterocycles. The van der Waals surface area contributed by atoms with Gasteiger partial charge in [0.15, 0.2) is 6.29 Å². The highest BCUT2D eigenvalue weighted by atomic mass is 32.2. The molecule has 196 valence electrons. The lowest BCUT2D eigenvalue weighted by Crippen LogP contribution is -2.40. The number of anilines is 2. The third-order valence-corrected chi connectivity index (χ3v) is 7.94. The molecule has 0 aliphatic carbocycles. The molecule has 0 aromatic carbocycles. The van der Waals surface area contributed by atoms with Gasteiger partial charge in [-0.15, -0.1) is 11.8 Å². The van der Waals surface area contributed by atoms with E-state index < -0.39 is 6.03 Å². The Morgan fingerprint density at radius 1 is 1.29 bits per heavy atom. The van der Waals surface area contributed by atoms with E-state index in [2.05, 4.69) is 21.4 Å². The SMILES string of the molecule is N#Cc1cnc(NC(=O)N2CCCc3cc(CN4CCOCC4=C=O)c(C=O)nc32)cc1SC1CCOC1. The van der Waals surface area contributed by atoms with Crippen LogP contribution in [0.15, 0.2) is 28.9 Å². The van der Waals surface area contributed by atoms with Gasteiger partial charge in [-0.2, -0.15) is 5.26 Å². The lowest BCUT2D eigenvalue weighted by molar-refractivity contribution is 0.0718. The summed E-state index contributed by atoms with van der Waals surface area (Å²) in [6.07, 6.45) is 4.46. The molecule has 12 heteroatoms. The van der Waals surface area contributed by atoms with Crippen LogP contribution < -0.4 is 10.2 Å². The fourth-order valence-corrected chi connectivity index (χ4v) is 5.82. The van der Waals surface area contributed by atoms with Gasteiger partial charge < -0.3 is 14.4 Å². The zero-order chi connectivity index (χ0) is 26.5. The van der Waals surface area contributed by atoms with Gasteiger partial charge in [-0.25, -0.2) is 19.6 Å². The molecule has 38 heavy (non-hydrogen) atoms. The standard InChI is InChI=1S/C26H26N6O5S/c27-10-19-11-28-24(9-23(19)38-21-3-6-36-16-21)30-26(35)32-4-1-2-17-8-18(22(14-34)29-25(17)32)12-31-5-7-37-15-20(31)13-33/h8-9,11,14,21H,1-7,12,15-16H2,(H,28,30,35). The third kappa shape index (κ3) is 5.56. The van der Waals surface area contributed by atoms with Crippen molar-refractivity contribution in [2.24, 2.45) is 0 Å². The number of hydrogen-bond acceptors (Lipinski definition) is 10. The summed E-state index contributed by atoms with van der Waals surface area (Å²) in [6.45, 7) is 3.26. The van der Waals surface area contributed by atoms with Crippen molar-refractivity contribution in [3.8, 4) is 6.07 Å². The maximum absolute atomic E-state index is 13.3. The number of aromatic nitrogens is 2. The molecule has 1 atom stereocenters. The molecule has 2 amide bonds. The monoisotopic (exact) mass is 534 g/mol. The summed E-state index contributed by atoms with van der Waals surface area (Å²) < 4.78 is 10.8. The van der Waals surface area contributed by atoms with Crippen molar-refractivity contribution < 1.29 is 23.9 Å². The molecule has 2 aromatic rings. The van der Waals surface area contributed by atoms with Gasteiger partial charge in [0.2, 0.25) is 0 Å². The number of morpholine rings is 1. The molecule has 5 heterocycles. The first kappa shape index (κ1) is 25.9. The molecule has 2 saturated heterocycles. The number of nitrogens with one attached hydrogen (secondary N) is 1. The van der Waals surface area contributed by atoms with E-state index in [9.17, 15) is 19.6 Å². The van der Waals surface area contributed by atoms with Gasteiger partial charge in [-0.3, -0.25) is 15.0 Å². The number of fused-ring (bicyclic) bond motifs is 1. The second-order valence-corrected chi connectivity index (χ2v) is 10.5. The molecular weight excluding hydrogens is 508 g/mol. The summed E-state index contributed by atoms with van der Waals surface area (Å²) in [4.78, 5) is 49.5. The minimum Gasteiger partial charge on any atom is -0.380 e. The van der Waals surface area contributed by atoms with E-state index in [1.54, 1.807) is 17.8 Å². The Balaban J connectivity index is 1.36. The molecule has 1 unspecified atom stereocenters. The summed E-state index contributed by atoms with van der Waals surface area (Å²) in [5.74, 6) is 2.68. The number of amides is 2. The van der Waals surface area contributed by atoms with E-state index in [1.165, 1.54) is 11.1 Å². The van der Waals surface area contributed by atoms with E-state index in [0.29, 0.717) is 80.6 Å². The number of pyridine rings is 2. The van der Waals surface area contributed by atoms with Crippen LogP contribution in [0.2, 0.25) is 0 Å². The number of nitriles is 1. The number of nitrogens with zero attached hydrogens (tertiary/aromatic N) is 5. The van der Waals surface area contributed by atoms with Gasteiger partial charge in [-0.1, -0.05) is 0 Å². The number of aryl methyl sites for hydroxylation is 1. The van der Waals surface area contributed by atoms with Crippen LogP contribution in [-0.4, -0.2) is 77.9 Å². The van der Waals surface area contributed by atoms with Crippen molar-refractivity contribution in [1.82, 2.24) is 14.9 Å². The largest absolute Gasteiger partial charge is 0.380 e. The Kier molecular flexibility index (Phi) is 8.00. The minimum atomic E-state index is -0.417. The van der Waals surface area contributed by atoms with Crippen LogP contribution in [0.1, 0.15) is 40.0 Å². The molecule has 2 aromatic heterocycles. The van der Waals surface area contributed by atoms with Gasteiger partial charge in [0.05, 0.1) is 25.4 Å². The van der Waals surface area contributed by atoms with Gasteiger partial charge in [0, 0.05) is 48.1 Å². The van der Waals surface area contributed by atoms with Crippen molar-refractivity contribution in [3.05, 3.63) is 46.4 Å². The number of carbonyl (C=O) groups is 2. The Morgan fingerprint density at radius 3 is 2.95 bits per heavy atom. The summed E-state index contributed by atoms with van der Waals surface area (Å²) in [5.41, 5.74) is 2.60. The van der Waals surface area contributed by atoms with Gasteiger partial charge in [0.1, 0.15) is 35.0 Å². The highest BCUT2D eigenvalue weighted by Gasteiger charge is 2.28. The highest BCUT2D eigenvalue weighted by molar-refractivity contribution is 8.00. The molecule has 3 aliphatic rings. The summed E-state index contributed by atoms with van der Waals surface area (Å²) in [7, 11) is 0. The predicted octanol–water partition coefficient (Wildman–Crippen LogP) is 2.57. The van der Waals surface area contributed by atoms with Gasteiger partial charge >= 0.3 is 6.03 Å². The van der Waals surface area contributed by atoms with Gasteiger partial charge in [-0.05, 0) is 37.0 Å². The molecule has 0 radical (unpaired) electrons. The Morgan fingerprint density at radius 2 is 2.18 bits per heavy atom. The molecule has 0 spiro atoms. The average Bonchev–Trinajstić information content (AvgIpc) is 3.46. The molecule has 0 saturated carbocycles. The number of aldehydes is 1. The van der Waals surface area contributed by atoms with Crippen molar-refractivity contribution in [2.45, 2.75) is 36.0 Å². The van der Waals surface area contributed by atoms with Gasteiger partial charge in [0.25, 0.3) is 0 Å². The molecular formula is C26H26N6O5S. The van der Waals surface area contributed by atoms with E-state index in [4.69, 9.17) is 9.47 Å². The minimum absolute atomic E-state index is 0.185. The van der Waals surface area contributed by atoms with Crippen LogP contribution >= 0.6 is 11.8 Å². The Hall–Kier alpha value is -3.75. The Bertz CT molecular complexity index is 1330. The van der Waals surface area contributed by atoms with E-state index in [0.717, 1.165) is 23.3 Å². The first-order chi connectivity index (χ1) is 18.6. The van der Waals surface area contributed by atoms with E-state index in [1.807, 2.05) is 16.9 Å². The normalized spacial score (nSPS) is 18.9. The summed E-state index contributed by atoms with van der Waals surface area (Å²) in [6, 6.07) is 5.34. The van der Waals surface area contributed by atoms with Crippen LogP contribution in [0.3, 0.4) is 0 Å². The second-order valence-electron chi connectivity index (χ2n) is 9.12. The topological polar surface area (TPSA) is 138 Å². The maximum Gasteiger partial charge on any atom is 0.328 e. The quantitative estimate of drug-likeness (QED) is 0.435. The van der Waals surface area contributed by atoms with Crippen LogP contribution in [0, 0.1) is 11.3 Å². The lowest BCUT2D eigenvalue weighted by Gasteiger charge is -2.31. The highest BCUT2D eigenvalue weighted by Crippen LogP contribution is 2.33. The lowest BCUT2D eigenvalue weighted by atomic mass is 10.0. The van der Waals surface area contributed by atoms with Crippen LogP contribution in [0.4, 0.5) is 16.4 Å². The van der Waals surface area contributed by atoms with Crippen molar-refractivity contribution in [1.29, 1.82) is 5.26 Å². The summed E-state index contributed by atoms with van der Waals surface area (Å²) >= 11 is 1.55. The third-order valence-electron chi connectivity index (χ3n) is 6.64. The van der Waals surface area contributed by atoms with Crippen molar-refractivity contribution in [2.75, 3.05) is 49.7 Å². The Labute approximate surface area is 223 Å². The maximum atomic E-state index is 13.3. The number of hydrogen-bond donors (Lipinski definition) is 1. The zero-order valence-electron chi connectivity index (χ0n) is 20.6. The number of thioether (sulfide) groups is 1. The first-order valence-corrected chi connectivity index (χ1v) is 13.2. The molecule has 11 nitrogen and oxygen atoms in total. The fraction of sp³-hybridized carbons (Fsp3) is 0.423. The van der Waals surface area contributed by atoms with Crippen LogP contribution in [-0.2, 0) is 27.2 Å². The van der Waals surface area contributed by atoms with Crippen molar-refractivity contribution in [3.63, 3.8) is 0 Å². The molecule has 2 fully saturated rings. The van der Waals surface area contributed by atoms with E-state index >= 15 is 0 Å². The molecule has 5 rings (SSSR count). The van der Waals surface area contributed by atoms with Crippen LogP contribution in [0.25, 0.3) is 0 Å².